The van der Waals surface area contributed by atoms with Gasteiger partial charge in [-0.25, -0.2) is 8.42 Å². The number of fused-ring (bicyclic) bond motifs is 1. The summed E-state index contributed by atoms with van der Waals surface area (Å²) in [5, 5.41) is 3.95. The number of ether oxygens (including phenoxy) is 2. The highest BCUT2D eigenvalue weighted by Crippen LogP contribution is 2.43. The van der Waals surface area contributed by atoms with Gasteiger partial charge in [0, 0.05) is 18.7 Å². The first-order valence-corrected chi connectivity index (χ1v) is 14.2. The fourth-order valence-electron chi connectivity index (χ4n) is 4.52. The second-order valence-electron chi connectivity index (χ2n) is 10.6. The predicted octanol–water partition coefficient (Wildman–Crippen LogP) is 3.30. The number of benzene rings is 1. The molecule has 202 valence electrons. The van der Waals surface area contributed by atoms with Crippen LogP contribution < -0.4 is 14.8 Å². The lowest BCUT2D eigenvalue weighted by Crippen LogP contribution is -2.45. The molecule has 12 heteroatoms. The summed E-state index contributed by atoms with van der Waals surface area (Å²) in [5.74, 6) is -0.718. The van der Waals surface area contributed by atoms with E-state index in [0.717, 1.165) is 12.8 Å². The second kappa shape index (κ2) is 10.2. The normalized spacial score (nSPS) is 18.6. The summed E-state index contributed by atoms with van der Waals surface area (Å²) in [6.45, 7) is 7.56. The van der Waals surface area contributed by atoms with Gasteiger partial charge >= 0.3 is 5.97 Å². The largest absolute Gasteiger partial charge is 0.486 e. The lowest BCUT2D eigenvalue weighted by molar-refractivity contribution is -0.153. The van der Waals surface area contributed by atoms with E-state index in [1.807, 2.05) is 6.92 Å². The number of esters is 1. The SMILES string of the molecule is CCn1cc(S(=O)(=O)N2C[C@H](C[C@@H](C(N)=O)C3CC3)Oc3ccc(CC(=O)OC(C)(C)C)cc32)c(Cl)n1. The van der Waals surface area contributed by atoms with Crippen molar-refractivity contribution in [3.8, 4) is 5.75 Å². The predicted molar refractivity (Wildman–Crippen MR) is 138 cm³/mol. The van der Waals surface area contributed by atoms with Gasteiger partial charge in [0.2, 0.25) is 5.91 Å². The van der Waals surface area contributed by atoms with Crippen LogP contribution in [-0.2, 0) is 37.3 Å². The summed E-state index contributed by atoms with van der Waals surface area (Å²) < 4.78 is 42.0. The fourth-order valence-corrected chi connectivity index (χ4v) is 6.47. The van der Waals surface area contributed by atoms with Crippen LogP contribution in [0.25, 0.3) is 0 Å². The van der Waals surface area contributed by atoms with Gasteiger partial charge in [0.05, 0.1) is 18.7 Å². The molecular weight excluding hydrogens is 520 g/mol. The van der Waals surface area contributed by atoms with Crippen LogP contribution in [0.3, 0.4) is 0 Å². The Bertz CT molecular complexity index is 1300. The minimum atomic E-state index is -4.16. The summed E-state index contributed by atoms with van der Waals surface area (Å²) in [4.78, 5) is 24.4. The molecule has 0 bridgehead atoms. The van der Waals surface area contributed by atoms with Crippen molar-refractivity contribution in [2.45, 2.75) is 76.5 Å². The Morgan fingerprint density at radius 3 is 2.57 bits per heavy atom. The Morgan fingerprint density at radius 2 is 2.00 bits per heavy atom. The number of anilines is 1. The molecule has 1 aliphatic heterocycles. The Morgan fingerprint density at radius 1 is 1.30 bits per heavy atom. The summed E-state index contributed by atoms with van der Waals surface area (Å²) in [6, 6.07) is 4.94. The van der Waals surface area contributed by atoms with Gasteiger partial charge in [-0.15, -0.1) is 0 Å². The molecule has 2 atom stereocenters. The van der Waals surface area contributed by atoms with Gasteiger partial charge in [-0.2, -0.15) is 5.10 Å². The molecule has 10 nitrogen and oxygen atoms in total. The third-order valence-corrected chi connectivity index (χ3v) is 8.55. The minimum absolute atomic E-state index is 0.0399. The van der Waals surface area contributed by atoms with Crippen molar-refractivity contribution in [3.63, 3.8) is 0 Å². The average molecular weight is 553 g/mol. The van der Waals surface area contributed by atoms with Crippen molar-refractivity contribution in [3.05, 3.63) is 35.1 Å². The topological polar surface area (TPSA) is 134 Å². The molecule has 1 aromatic carbocycles. The van der Waals surface area contributed by atoms with Crippen LogP contribution in [0.4, 0.5) is 5.69 Å². The number of amides is 1. The lowest BCUT2D eigenvalue weighted by Gasteiger charge is -2.36. The molecule has 1 aliphatic carbocycles. The van der Waals surface area contributed by atoms with E-state index in [1.165, 1.54) is 15.2 Å². The molecule has 4 rings (SSSR count). The maximum atomic E-state index is 13.9. The van der Waals surface area contributed by atoms with Crippen molar-refractivity contribution in [1.82, 2.24) is 9.78 Å². The van der Waals surface area contributed by atoms with Gasteiger partial charge in [0.25, 0.3) is 10.0 Å². The molecule has 0 spiro atoms. The number of hydrogen-bond donors (Lipinski definition) is 1. The summed E-state index contributed by atoms with van der Waals surface area (Å²) in [6.07, 6.45) is 2.88. The third kappa shape index (κ3) is 6.20. The van der Waals surface area contributed by atoms with Crippen molar-refractivity contribution in [1.29, 1.82) is 0 Å². The number of rotatable bonds is 9. The number of aryl methyl sites for hydroxylation is 1. The molecule has 2 heterocycles. The maximum absolute atomic E-state index is 13.9. The number of carbonyl (C=O) groups excluding carboxylic acids is 2. The van der Waals surface area contributed by atoms with Crippen LogP contribution in [0, 0.1) is 11.8 Å². The zero-order valence-electron chi connectivity index (χ0n) is 21.4. The van der Waals surface area contributed by atoms with E-state index < -0.39 is 39.5 Å². The minimum Gasteiger partial charge on any atom is -0.486 e. The quantitative estimate of drug-likeness (QED) is 0.472. The molecule has 2 N–H and O–H groups in total. The lowest BCUT2D eigenvalue weighted by atomic mass is 9.95. The fraction of sp³-hybridized carbons (Fsp3) is 0.560. The zero-order valence-corrected chi connectivity index (χ0v) is 23.0. The van der Waals surface area contributed by atoms with Crippen molar-refractivity contribution >= 4 is 39.2 Å². The van der Waals surface area contributed by atoms with Crippen molar-refractivity contribution in [2.24, 2.45) is 17.6 Å². The second-order valence-corrected chi connectivity index (χ2v) is 12.8. The molecule has 0 saturated heterocycles. The summed E-state index contributed by atoms with van der Waals surface area (Å²) >= 11 is 6.24. The number of primary amides is 1. The first-order chi connectivity index (χ1) is 17.3. The van der Waals surface area contributed by atoms with Crippen molar-refractivity contribution in [2.75, 3.05) is 10.8 Å². The molecule has 1 fully saturated rings. The maximum Gasteiger partial charge on any atom is 0.310 e. The molecule has 2 aromatic rings. The van der Waals surface area contributed by atoms with Crippen LogP contribution in [0.2, 0.25) is 5.15 Å². The zero-order chi connectivity index (χ0) is 27.1. The number of halogens is 1. The van der Waals surface area contributed by atoms with E-state index >= 15 is 0 Å². The number of hydrogen-bond acceptors (Lipinski definition) is 7. The number of nitrogens with zero attached hydrogens (tertiary/aromatic N) is 3. The van der Waals surface area contributed by atoms with E-state index in [-0.39, 0.29) is 34.6 Å². The Balaban J connectivity index is 1.70. The molecular formula is C25H33ClN4O6S. The van der Waals surface area contributed by atoms with Gasteiger partial charge in [0.1, 0.15) is 22.4 Å². The van der Waals surface area contributed by atoms with Crippen LogP contribution >= 0.6 is 11.6 Å². The standard InChI is InChI=1S/C25H33ClN4O6S/c1-5-29-14-21(23(26)28-29)37(33,34)30-13-17(12-18(24(27)32)16-7-8-16)35-20-9-6-15(10-19(20)30)11-22(31)36-25(2,3)4/h6,9-10,14,16-18H,5,7-8,11-13H2,1-4H3,(H2,27,32)/t17-,18+/m0/s1. The Hall–Kier alpha value is -2.79. The molecule has 37 heavy (non-hydrogen) atoms. The van der Waals surface area contributed by atoms with Crippen LogP contribution in [-0.4, -0.2) is 48.3 Å². The number of sulfonamides is 1. The summed E-state index contributed by atoms with van der Waals surface area (Å²) in [5.41, 5.74) is 5.85. The van der Waals surface area contributed by atoms with Crippen LogP contribution in [0.5, 0.6) is 5.75 Å². The Kier molecular flexibility index (Phi) is 7.49. The van der Waals surface area contributed by atoms with Crippen LogP contribution in [0.1, 0.15) is 52.5 Å². The molecule has 0 unspecified atom stereocenters. The molecule has 2 aliphatic rings. The highest BCUT2D eigenvalue weighted by molar-refractivity contribution is 7.93. The first-order valence-electron chi connectivity index (χ1n) is 12.3. The smallest absolute Gasteiger partial charge is 0.310 e. The van der Waals surface area contributed by atoms with E-state index in [9.17, 15) is 18.0 Å². The molecule has 0 radical (unpaired) electrons. The van der Waals surface area contributed by atoms with Gasteiger partial charge in [-0.1, -0.05) is 17.7 Å². The van der Waals surface area contributed by atoms with Gasteiger partial charge in [0.15, 0.2) is 5.15 Å². The number of aromatic nitrogens is 2. The number of nitrogens with two attached hydrogens (primary N) is 1. The van der Waals surface area contributed by atoms with E-state index in [1.54, 1.807) is 39.0 Å². The van der Waals surface area contributed by atoms with E-state index in [4.69, 9.17) is 26.8 Å². The highest BCUT2D eigenvalue weighted by atomic mass is 35.5. The highest BCUT2D eigenvalue weighted by Gasteiger charge is 2.41. The summed E-state index contributed by atoms with van der Waals surface area (Å²) in [7, 11) is -4.16. The average Bonchev–Trinajstić information content (AvgIpc) is 3.55. The molecule has 1 aromatic heterocycles. The first kappa shape index (κ1) is 27.3. The van der Waals surface area contributed by atoms with Gasteiger partial charge in [-0.3, -0.25) is 18.6 Å². The third-order valence-electron chi connectivity index (χ3n) is 6.37. The van der Waals surface area contributed by atoms with Crippen LogP contribution in [0.15, 0.2) is 29.3 Å². The number of carbonyl (C=O) groups is 2. The van der Waals surface area contributed by atoms with Crippen molar-refractivity contribution < 1.29 is 27.5 Å². The molecule has 1 saturated carbocycles. The molecule has 1 amide bonds. The Labute approximate surface area is 222 Å². The van der Waals surface area contributed by atoms with E-state index in [0.29, 0.717) is 24.3 Å². The van der Waals surface area contributed by atoms with Gasteiger partial charge in [-0.05, 0) is 70.6 Å². The van der Waals surface area contributed by atoms with Gasteiger partial charge < -0.3 is 15.2 Å². The monoisotopic (exact) mass is 552 g/mol. The van der Waals surface area contributed by atoms with E-state index in [2.05, 4.69) is 5.10 Å².